The molecule has 1 heterocycles. The number of amides is 1. The van der Waals surface area contributed by atoms with E-state index in [0.29, 0.717) is 42.6 Å². The van der Waals surface area contributed by atoms with Crippen molar-refractivity contribution in [2.24, 2.45) is 62.1 Å². The van der Waals surface area contributed by atoms with E-state index in [2.05, 4.69) is 65.4 Å². The third-order valence-corrected chi connectivity index (χ3v) is 17.1. The van der Waals surface area contributed by atoms with Crippen LogP contribution in [0.2, 0.25) is 0 Å². The van der Waals surface area contributed by atoms with Gasteiger partial charge in [-0.25, -0.2) is 0 Å². The fraction of sp³-hybridized carbons (Fsp3) is 0.886. The van der Waals surface area contributed by atoms with E-state index in [-0.39, 0.29) is 64.0 Å². The highest BCUT2D eigenvalue weighted by Gasteiger charge is 2.71. The summed E-state index contributed by atoms with van der Waals surface area (Å²) in [7, 11) is 2.12. The number of carboxylic acids is 1. The summed E-state index contributed by atoms with van der Waals surface area (Å²) < 4.78 is 12.3. The van der Waals surface area contributed by atoms with Crippen molar-refractivity contribution in [1.82, 2.24) is 10.2 Å². The second kappa shape index (κ2) is 14.0. The van der Waals surface area contributed by atoms with Crippen LogP contribution in [0.15, 0.2) is 12.2 Å². The average molecular weight is 725 g/mol. The van der Waals surface area contributed by atoms with Gasteiger partial charge >= 0.3 is 11.9 Å². The predicted octanol–water partition coefficient (Wildman–Crippen LogP) is 8.28. The van der Waals surface area contributed by atoms with Crippen LogP contribution in [-0.2, 0) is 23.9 Å². The Kier molecular flexibility index (Phi) is 10.7. The van der Waals surface area contributed by atoms with Gasteiger partial charge < -0.3 is 24.8 Å². The summed E-state index contributed by atoms with van der Waals surface area (Å²) in [6.45, 7) is 26.2. The first-order valence-electron chi connectivity index (χ1n) is 20.8. The van der Waals surface area contributed by atoms with Gasteiger partial charge in [0.15, 0.2) is 0 Å². The smallest absolute Gasteiger partial charge is 0.306 e. The van der Waals surface area contributed by atoms with Crippen molar-refractivity contribution in [2.45, 2.75) is 151 Å². The molecule has 1 saturated heterocycles. The molecule has 294 valence electrons. The molecule has 0 aromatic heterocycles. The molecular weight excluding hydrogens is 652 g/mol. The molecule has 6 aliphatic rings. The molecule has 2 N–H and O–H groups in total. The summed E-state index contributed by atoms with van der Waals surface area (Å²) in [5.74, 6) is 1.65. The van der Waals surface area contributed by atoms with Gasteiger partial charge in [0.2, 0.25) is 5.91 Å². The Labute approximate surface area is 315 Å². The molecule has 6 fully saturated rings. The van der Waals surface area contributed by atoms with Crippen LogP contribution in [0.3, 0.4) is 0 Å². The van der Waals surface area contributed by atoms with E-state index in [0.717, 1.165) is 58.2 Å². The standard InChI is InChI=1S/C44H72N2O6/c1-28(2)30-13-18-44(23-35(47)45-26-29-27-46(10)21-22-51-29)20-19-42(8)31(38(30)44)11-12-33-41(7)16-15-34(40(5,6)32(41)14-17-43(33,42)9)52-37(50)25-39(3,4)24-36(48)49/h29-34,38H,1,11-27H2,2-10H3,(H,45,47)(H,48,49)/t29?,30-,31+,32?,33?,34-,38+,41-,42+,43+,44+/m0/s1. The van der Waals surface area contributed by atoms with E-state index in [1.165, 1.54) is 31.3 Å². The second-order valence-corrected chi connectivity index (χ2v) is 21.0. The van der Waals surface area contributed by atoms with Gasteiger partial charge in [0.1, 0.15) is 6.10 Å². The average Bonchev–Trinajstić information content (AvgIpc) is 3.40. The van der Waals surface area contributed by atoms with Crippen molar-refractivity contribution < 1.29 is 29.0 Å². The zero-order chi connectivity index (χ0) is 38.1. The number of ether oxygens (including phenoxy) is 2. The quantitative estimate of drug-likeness (QED) is 0.173. The number of rotatable bonds is 10. The molecule has 5 saturated carbocycles. The summed E-state index contributed by atoms with van der Waals surface area (Å²) in [5.41, 5.74) is 1.08. The van der Waals surface area contributed by atoms with E-state index in [1.54, 1.807) is 0 Å². The minimum atomic E-state index is -0.883. The fourth-order valence-electron chi connectivity index (χ4n) is 14.4. The second-order valence-electron chi connectivity index (χ2n) is 21.0. The van der Waals surface area contributed by atoms with Gasteiger partial charge in [0, 0.05) is 31.5 Å². The van der Waals surface area contributed by atoms with Crippen LogP contribution in [0.25, 0.3) is 0 Å². The molecule has 5 aliphatic carbocycles. The van der Waals surface area contributed by atoms with Crippen molar-refractivity contribution >= 4 is 17.8 Å². The number of nitrogens with one attached hydrogen (secondary N) is 1. The Morgan fingerprint density at radius 1 is 0.923 bits per heavy atom. The molecule has 1 aliphatic heterocycles. The molecule has 0 aromatic rings. The topological polar surface area (TPSA) is 105 Å². The fourth-order valence-corrected chi connectivity index (χ4v) is 14.4. The number of hydrogen-bond donors (Lipinski definition) is 2. The van der Waals surface area contributed by atoms with E-state index < -0.39 is 11.4 Å². The summed E-state index contributed by atoms with van der Waals surface area (Å²) >= 11 is 0. The van der Waals surface area contributed by atoms with Crippen LogP contribution in [0, 0.1) is 62.1 Å². The molecule has 0 spiro atoms. The van der Waals surface area contributed by atoms with Gasteiger partial charge in [-0.2, -0.15) is 0 Å². The van der Waals surface area contributed by atoms with Gasteiger partial charge in [-0.3, -0.25) is 14.4 Å². The number of carbonyl (C=O) groups excluding carboxylic acids is 2. The summed E-state index contributed by atoms with van der Waals surface area (Å²) in [4.78, 5) is 40.7. The van der Waals surface area contributed by atoms with Crippen LogP contribution < -0.4 is 5.32 Å². The van der Waals surface area contributed by atoms with E-state index in [4.69, 9.17) is 9.47 Å². The minimum Gasteiger partial charge on any atom is -0.481 e. The molecule has 0 radical (unpaired) electrons. The van der Waals surface area contributed by atoms with Gasteiger partial charge in [-0.05, 0) is 135 Å². The summed E-state index contributed by atoms with van der Waals surface area (Å²) in [6.07, 6.45) is 11.9. The third-order valence-electron chi connectivity index (χ3n) is 17.1. The minimum absolute atomic E-state index is 0.0371. The Morgan fingerprint density at radius 3 is 2.33 bits per heavy atom. The lowest BCUT2D eigenvalue weighted by Gasteiger charge is -2.73. The van der Waals surface area contributed by atoms with E-state index in [1.807, 2.05) is 13.8 Å². The molecule has 0 aromatic carbocycles. The lowest BCUT2D eigenvalue weighted by atomic mass is 9.32. The highest BCUT2D eigenvalue weighted by molar-refractivity contribution is 5.77. The number of carbonyl (C=O) groups is 3. The molecule has 8 heteroatoms. The van der Waals surface area contributed by atoms with Crippen molar-refractivity contribution in [1.29, 1.82) is 0 Å². The van der Waals surface area contributed by atoms with Crippen LogP contribution in [0.4, 0.5) is 0 Å². The van der Waals surface area contributed by atoms with Gasteiger partial charge in [0.05, 0.1) is 25.6 Å². The molecular formula is C44H72N2O6. The van der Waals surface area contributed by atoms with Crippen molar-refractivity contribution in [2.75, 3.05) is 33.3 Å². The molecule has 8 nitrogen and oxygen atoms in total. The number of aliphatic carboxylic acids is 1. The molecule has 52 heavy (non-hydrogen) atoms. The molecule has 1 amide bonds. The maximum atomic E-state index is 13.8. The largest absolute Gasteiger partial charge is 0.481 e. The Balaban J connectivity index is 1.19. The van der Waals surface area contributed by atoms with Crippen molar-refractivity contribution in [3.63, 3.8) is 0 Å². The van der Waals surface area contributed by atoms with Crippen LogP contribution in [-0.4, -0.2) is 73.3 Å². The van der Waals surface area contributed by atoms with Gasteiger partial charge in [-0.1, -0.05) is 60.6 Å². The van der Waals surface area contributed by atoms with E-state index in [9.17, 15) is 19.5 Å². The zero-order valence-electron chi connectivity index (χ0n) is 34.2. The number of morpholine rings is 1. The Bertz CT molecular complexity index is 1410. The lowest BCUT2D eigenvalue weighted by Crippen LogP contribution is -2.67. The highest BCUT2D eigenvalue weighted by Crippen LogP contribution is 2.78. The number of carboxylic acid groups (broad SMARTS) is 1. The monoisotopic (exact) mass is 725 g/mol. The highest BCUT2D eigenvalue weighted by atomic mass is 16.5. The van der Waals surface area contributed by atoms with E-state index >= 15 is 0 Å². The maximum Gasteiger partial charge on any atom is 0.306 e. The SMILES string of the molecule is C=C(C)[C@@H]1CC[C@]2(CC(=O)NCC3CN(C)CCO3)CC[C@]3(C)[C@H](CCC4[C@@]5(C)CC[C@H](OC(=O)CC(C)(C)CC(=O)O)C(C)(C)C5CC[C@]43C)[C@@H]12. The van der Waals surface area contributed by atoms with Crippen molar-refractivity contribution in [3.05, 3.63) is 12.2 Å². The summed E-state index contributed by atoms with van der Waals surface area (Å²) in [5, 5.41) is 12.7. The zero-order valence-corrected chi connectivity index (χ0v) is 34.2. The first kappa shape index (κ1) is 39.8. The van der Waals surface area contributed by atoms with Crippen LogP contribution in [0.5, 0.6) is 0 Å². The van der Waals surface area contributed by atoms with Crippen LogP contribution in [0.1, 0.15) is 139 Å². The molecule has 6 rings (SSSR count). The first-order chi connectivity index (χ1) is 24.2. The lowest BCUT2D eigenvalue weighted by molar-refractivity contribution is -0.250. The number of hydrogen-bond acceptors (Lipinski definition) is 6. The van der Waals surface area contributed by atoms with Gasteiger partial charge in [-0.15, -0.1) is 0 Å². The van der Waals surface area contributed by atoms with Crippen molar-refractivity contribution in [3.8, 4) is 0 Å². The Morgan fingerprint density at radius 2 is 1.65 bits per heavy atom. The number of likely N-dealkylation sites (N-methyl/N-ethyl adjacent to an activating group) is 1. The third kappa shape index (κ3) is 6.81. The number of nitrogens with zero attached hydrogens (tertiary/aromatic N) is 1. The molecule has 11 atom stereocenters. The maximum absolute atomic E-state index is 13.8. The van der Waals surface area contributed by atoms with Crippen LogP contribution >= 0.6 is 0 Å². The number of esters is 1. The first-order valence-corrected chi connectivity index (χ1v) is 20.8. The summed E-state index contributed by atoms with van der Waals surface area (Å²) in [6, 6.07) is 0. The number of fused-ring (bicyclic) bond motifs is 7. The normalized spacial score (nSPS) is 42.9. The Hall–Kier alpha value is -1.93. The predicted molar refractivity (Wildman–Crippen MR) is 204 cm³/mol. The molecule has 3 unspecified atom stereocenters. The number of allylic oxidation sites excluding steroid dienone is 1. The molecule has 0 bridgehead atoms. The van der Waals surface area contributed by atoms with Gasteiger partial charge in [0.25, 0.3) is 0 Å².